The smallest absolute Gasteiger partial charge is 0.0175 e. The van der Waals surface area contributed by atoms with Crippen molar-refractivity contribution in [2.45, 2.75) is 0 Å². The Balaban J connectivity index is 1.80. The predicted octanol–water partition coefficient (Wildman–Crippen LogP) is 10.9. The lowest BCUT2D eigenvalue weighted by atomic mass is 9.81. The largest absolute Gasteiger partial charge is 0.0622 e. The summed E-state index contributed by atoms with van der Waals surface area (Å²) < 4.78 is 1.08. The molecule has 0 aromatic heterocycles. The van der Waals surface area contributed by atoms with Gasteiger partial charge in [0.05, 0.1) is 0 Å². The van der Waals surface area contributed by atoms with E-state index in [1.165, 1.54) is 65.7 Å². The molecule has 7 rings (SSSR count). The van der Waals surface area contributed by atoms with E-state index in [9.17, 15) is 0 Å². The maximum atomic E-state index is 3.63. The number of hydrogen-bond acceptors (Lipinski definition) is 0. The molecule has 0 bridgehead atoms. The van der Waals surface area contributed by atoms with Gasteiger partial charge in [-0.05, 0) is 83.9 Å². The van der Waals surface area contributed by atoms with Gasteiger partial charge in [-0.2, -0.15) is 0 Å². The van der Waals surface area contributed by atoms with Gasteiger partial charge in [-0.1, -0.05) is 137 Å². The summed E-state index contributed by atoms with van der Waals surface area (Å²) in [5, 5.41) is 7.76. The van der Waals surface area contributed by atoms with E-state index in [0.29, 0.717) is 0 Å². The van der Waals surface area contributed by atoms with Gasteiger partial charge in [-0.3, -0.25) is 0 Å². The maximum Gasteiger partial charge on any atom is 0.0175 e. The average molecular weight is 535 g/mol. The molecule has 1 heteroatoms. The molecule has 0 aliphatic heterocycles. The molecular formula is C36H23Br. The molecule has 0 saturated heterocycles. The highest BCUT2D eigenvalue weighted by molar-refractivity contribution is 9.10. The van der Waals surface area contributed by atoms with Gasteiger partial charge < -0.3 is 0 Å². The Kier molecular flexibility index (Phi) is 5.38. The van der Waals surface area contributed by atoms with E-state index >= 15 is 0 Å². The van der Waals surface area contributed by atoms with Crippen LogP contribution in [0.1, 0.15) is 0 Å². The van der Waals surface area contributed by atoms with Crippen LogP contribution in [0, 0.1) is 0 Å². The van der Waals surface area contributed by atoms with E-state index in [1.807, 2.05) is 0 Å². The normalized spacial score (nSPS) is 11.4. The Morgan fingerprint density at radius 1 is 0.351 bits per heavy atom. The van der Waals surface area contributed by atoms with E-state index in [0.717, 1.165) is 4.47 Å². The van der Waals surface area contributed by atoms with Gasteiger partial charge in [0.1, 0.15) is 0 Å². The van der Waals surface area contributed by atoms with Gasteiger partial charge in [0, 0.05) is 4.47 Å². The summed E-state index contributed by atoms with van der Waals surface area (Å²) in [6.07, 6.45) is 0. The van der Waals surface area contributed by atoms with Gasteiger partial charge >= 0.3 is 0 Å². The SMILES string of the molecule is Brc1ccc(-c2cc(-c3ccccc3)c3c4ccccc4c4ccccc4c3c2-c2ccccc2)cc1. The summed E-state index contributed by atoms with van der Waals surface area (Å²) in [6, 6.07) is 50.5. The van der Waals surface area contributed by atoms with E-state index in [-0.39, 0.29) is 0 Å². The van der Waals surface area contributed by atoms with Gasteiger partial charge in [0.25, 0.3) is 0 Å². The molecule has 0 unspecified atom stereocenters. The van der Waals surface area contributed by atoms with Crippen LogP contribution in [0.4, 0.5) is 0 Å². The van der Waals surface area contributed by atoms with Crippen LogP contribution < -0.4 is 0 Å². The third kappa shape index (κ3) is 3.66. The molecule has 7 aromatic carbocycles. The lowest BCUT2D eigenvalue weighted by Crippen LogP contribution is -1.94. The topological polar surface area (TPSA) is 0 Å². The first-order valence-corrected chi connectivity index (χ1v) is 13.4. The molecule has 0 atom stereocenters. The second kappa shape index (κ2) is 9.03. The zero-order chi connectivity index (χ0) is 24.8. The van der Waals surface area contributed by atoms with Crippen molar-refractivity contribution in [3.05, 3.63) is 144 Å². The summed E-state index contributed by atoms with van der Waals surface area (Å²) >= 11 is 3.63. The Morgan fingerprint density at radius 3 is 1.41 bits per heavy atom. The quantitative estimate of drug-likeness (QED) is 0.198. The third-order valence-electron chi connectivity index (χ3n) is 7.31. The number of benzene rings is 7. The van der Waals surface area contributed by atoms with Crippen LogP contribution in [0.3, 0.4) is 0 Å². The second-order valence-electron chi connectivity index (χ2n) is 9.43. The molecule has 0 saturated carbocycles. The zero-order valence-corrected chi connectivity index (χ0v) is 21.7. The maximum absolute atomic E-state index is 3.63. The Bertz CT molecular complexity index is 1900. The van der Waals surface area contributed by atoms with E-state index in [2.05, 4.69) is 155 Å². The fraction of sp³-hybridized carbons (Fsp3) is 0. The first kappa shape index (κ1) is 22.0. The fourth-order valence-corrected chi connectivity index (χ4v) is 5.98. The lowest BCUT2D eigenvalue weighted by molar-refractivity contribution is 1.59. The monoisotopic (exact) mass is 534 g/mol. The lowest BCUT2D eigenvalue weighted by Gasteiger charge is -2.22. The summed E-state index contributed by atoms with van der Waals surface area (Å²) in [7, 11) is 0. The molecule has 0 amide bonds. The molecule has 0 nitrogen and oxygen atoms in total. The standard InChI is InChI=1S/C36H23Br/c37-27-21-19-25(20-22-27)32-23-33(24-11-3-1-4-12-24)35-30-17-9-7-15-28(30)29-16-8-10-18-31(29)36(35)34(32)26-13-5-2-6-14-26/h1-23H. The van der Waals surface area contributed by atoms with Crippen molar-refractivity contribution in [1.29, 1.82) is 0 Å². The van der Waals surface area contributed by atoms with Crippen molar-refractivity contribution >= 4 is 48.2 Å². The van der Waals surface area contributed by atoms with Gasteiger partial charge in [-0.25, -0.2) is 0 Å². The van der Waals surface area contributed by atoms with Crippen molar-refractivity contribution in [2.24, 2.45) is 0 Å². The zero-order valence-electron chi connectivity index (χ0n) is 20.2. The van der Waals surface area contributed by atoms with Crippen LogP contribution in [-0.4, -0.2) is 0 Å². The van der Waals surface area contributed by atoms with Crippen molar-refractivity contribution in [3.63, 3.8) is 0 Å². The van der Waals surface area contributed by atoms with Crippen LogP contribution >= 0.6 is 15.9 Å². The molecule has 0 fully saturated rings. The molecule has 0 N–H and O–H groups in total. The molecule has 0 radical (unpaired) electrons. The highest BCUT2D eigenvalue weighted by Gasteiger charge is 2.21. The van der Waals surface area contributed by atoms with E-state index < -0.39 is 0 Å². The van der Waals surface area contributed by atoms with E-state index in [4.69, 9.17) is 0 Å². The Labute approximate surface area is 225 Å². The van der Waals surface area contributed by atoms with Crippen LogP contribution in [0.15, 0.2) is 144 Å². The first-order valence-electron chi connectivity index (χ1n) is 12.6. The van der Waals surface area contributed by atoms with Crippen LogP contribution in [0.5, 0.6) is 0 Å². The number of rotatable bonds is 3. The summed E-state index contributed by atoms with van der Waals surface area (Å²) in [5.74, 6) is 0. The molecule has 0 aliphatic rings. The van der Waals surface area contributed by atoms with Gasteiger partial charge in [0.15, 0.2) is 0 Å². The Hall–Kier alpha value is -4.20. The molecule has 174 valence electrons. The molecule has 0 heterocycles. The Morgan fingerprint density at radius 2 is 0.811 bits per heavy atom. The van der Waals surface area contributed by atoms with E-state index in [1.54, 1.807) is 0 Å². The molecule has 0 aliphatic carbocycles. The highest BCUT2D eigenvalue weighted by Crippen LogP contribution is 2.48. The second-order valence-corrected chi connectivity index (χ2v) is 10.3. The van der Waals surface area contributed by atoms with Crippen molar-refractivity contribution in [2.75, 3.05) is 0 Å². The minimum absolute atomic E-state index is 1.08. The fourth-order valence-electron chi connectivity index (χ4n) is 5.71. The minimum Gasteiger partial charge on any atom is -0.0622 e. The first-order chi connectivity index (χ1) is 18.3. The van der Waals surface area contributed by atoms with Gasteiger partial charge in [0.2, 0.25) is 0 Å². The van der Waals surface area contributed by atoms with Crippen molar-refractivity contribution < 1.29 is 0 Å². The summed E-state index contributed by atoms with van der Waals surface area (Å²) in [4.78, 5) is 0. The van der Waals surface area contributed by atoms with Crippen molar-refractivity contribution in [1.82, 2.24) is 0 Å². The van der Waals surface area contributed by atoms with Crippen LogP contribution in [0.25, 0.3) is 65.7 Å². The van der Waals surface area contributed by atoms with Crippen LogP contribution in [-0.2, 0) is 0 Å². The number of halogens is 1. The summed E-state index contributed by atoms with van der Waals surface area (Å²) in [5.41, 5.74) is 7.44. The van der Waals surface area contributed by atoms with Gasteiger partial charge in [-0.15, -0.1) is 0 Å². The molecule has 7 aromatic rings. The average Bonchev–Trinajstić information content (AvgIpc) is 2.97. The highest BCUT2D eigenvalue weighted by atomic mass is 79.9. The van der Waals surface area contributed by atoms with Crippen molar-refractivity contribution in [3.8, 4) is 33.4 Å². The third-order valence-corrected chi connectivity index (χ3v) is 7.84. The summed E-state index contributed by atoms with van der Waals surface area (Å²) in [6.45, 7) is 0. The molecule has 37 heavy (non-hydrogen) atoms. The predicted molar refractivity (Wildman–Crippen MR) is 163 cm³/mol. The number of fused-ring (bicyclic) bond motifs is 6. The number of hydrogen-bond donors (Lipinski definition) is 0. The molecular weight excluding hydrogens is 512 g/mol. The van der Waals surface area contributed by atoms with Crippen LogP contribution in [0.2, 0.25) is 0 Å². The molecule has 0 spiro atoms. The minimum atomic E-state index is 1.08.